The number of nitrogens with zero attached hydrogens (tertiary/aromatic N) is 2. The number of ether oxygens (including phenoxy) is 1. The number of carbonyl (C=O) groups is 1. The van der Waals surface area contributed by atoms with Gasteiger partial charge < -0.3 is 14.5 Å². The zero-order valence-corrected chi connectivity index (χ0v) is 14.7. The molecule has 25 heavy (non-hydrogen) atoms. The average molecular weight is 339 g/mol. The second-order valence-corrected chi connectivity index (χ2v) is 6.56. The van der Waals surface area contributed by atoms with E-state index in [0.717, 1.165) is 35.9 Å². The first-order valence-electron chi connectivity index (χ1n) is 8.52. The maximum Gasteiger partial charge on any atom is 0.292 e. The van der Waals surface area contributed by atoms with Crippen LogP contribution in [0.3, 0.4) is 0 Å². The van der Waals surface area contributed by atoms with E-state index in [9.17, 15) is 4.79 Å². The Morgan fingerprint density at radius 1 is 1.28 bits per heavy atom. The number of carbonyl (C=O) groups excluding carboxylic acids is 1. The summed E-state index contributed by atoms with van der Waals surface area (Å²) >= 11 is 0. The van der Waals surface area contributed by atoms with Crippen LogP contribution in [-0.2, 0) is 13.0 Å². The fourth-order valence-electron chi connectivity index (χ4n) is 3.45. The summed E-state index contributed by atoms with van der Waals surface area (Å²) in [6, 6.07) is 5.85. The third kappa shape index (κ3) is 2.67. The molecule has 0 spiro atoms. The number of anilines is 1. The second-order valence-electron chi connectivity index (χ2n) is 6.56. The first-order chi connectivity index (χ1) is 12.1. The van der Waals surface area contributed by atoms with Crippen LogP contribution in [0.15, 0.2) is 22.6 Å². The Bertz CT molecular complexity index is 945. The topological polar surface area (TPSA) is 69.3 Å². The van der Waals surface area contributed by atoms with Gasteiger partial charge >= 0.3 is 0 Å². The van der Waals surface area contributed by atoms with Crippen molar-refractivity contribution in [2.45, 2.75) is 39.7 Å². The van der Waals surface area contributed by atoms with E-state index in [4.69, 9.17) is 9.15 Å². The molecule has 6 nitrogen and oxygen atoms in total. The molecule has 1 amide bonds. The lowest BCUT2D eigenvalue weighted by molar-refractivity contribution is 0.0997. The first kappa shape index (κ1) is 15.7. The maximum atomic E-state index is 12.7. The number of aromatic nitrogens is 2. The van der Waals surface area contributed by atoms with Crippen molar-refractivity contribution in [2.24, 2.45) is 0 Å². The number of amides is 1. The number of furan rings is 1. The number of hydrogen-bond donors (Lipinski definition) is 1. The van der Waals surface area contributed by atoms with Gasteiger partial charge in [-0.25, -0.2) is 0 Å². The molecule has 1 aliphatic heterocycles. The van der Waals surface area contributed by atoms with Gasteiger partial charge in [0.2, 0.25) is 0 Å². The molecule has 0 saturated heterocycles. The van der Waals surface area contributed by atoms with E-state index in [2.05, 4.69) is 10.4 Å². The van der Waals surface area contributed by atoms with E-state index in [1.807, 2.05) is 36.7 Å². The van der Waals surface area contributed by atoms with Crippen molar-refractivity contribution in [3.05, 3.63) is 40.8 Å². The minimum Gasteiger partial charge on any atom is -0.493 e. The van der Waals surface area contributed by atoms with Crippen molar-refractivity contribution in [3.63, 3.8) is 0 Å². The van der Waals surface area contributed by atoms with Gasteiger partial charge in [0.15, 0.2) is 22.9 Å². The lowest BCUT2D eigenvalue weighted by Gasteiger charge is -2.11. The Hall–Kier alpha value is -2.76. The highest BCUT2D eigenvalue weighted by molar-refractivity contribution is 6.06. The number of benzene rings is 1. The van der Waals surface area contributed by atoms with Gasteiger partial charge in [0.1, 0.15) is 0 Å². The van der Waals surface area contributed by atoms with E-state index in [-0.39, 0.29) is 5.91 Å². The molecule has 6 heteroatoms. The van der Waals surface area contributed by atoms with E-state index >= 15 is 0 Å². The summed E-state index contributed by atoms with van der Waals surface area (Å²) in [6.07, 6.45) is 3.30. The summed E-state index contributed by atoms with van der Waals surface area (Å²) in [5.41, 5.74) is 3.63. The molecule has 0 aliphatic carbocycles. The Labute approximate surface area is 145 Å². The van der Waals surface area contributed by atoms with Gasteiger partial charge in [-0.2, -0.15) is 5.10 Å². The minimum absolute atomic E-state index is 0.288. The molecule has 0 fully saturated rings. The second kappa shape index (κ2) is 5.95. The SMILES string of the molecule is COc1cc(C)cc2c(C)c(C(=O)Nc3cc4n(n3)CCCC4)oc12. The molecule has 0 unspecified atom stereocenters. The van der Waals surface area contributed by atoms with Gasteiger partial charge in [-0.05, 0) is 50.8 Å². The van der Waals surface area contributed by atoms with Crippen molar-refractivity contribution < 1.29 is 13.9 Å². The zero-order valence-electron chi connectivity index (χ0n) is 14.7. The molecule has 2 aromatic heterocycles. The van der Waals surface area contributed by atoms with E-state index in [1.165, 1.54) is 12.1 Å². The van der Waals surface area contributed by atoms with Crippen LogP contribution in [0.25, 0.3) is 11.0 Å². The Balaban J connectivity index is 1.68. The van der Waals surface area contributed by atoms with Crippen LogP contribution in [0, 0.1) is 13.8 Å². The molecule has 0 atom stereocenters. The number of hydrogen-bond acceptors (Lipinski definition) is 4. The molecule has 130 valence electrons. The Kier molecular flexibility index (Phi) is 3.75. The first-order valence-corrected chi connectivity index (χ1v) is 8.52. The summed E-state index contributed by atoms with van der Waals surface area (Å²) in [4.78, 5) is 12.7. The van der Waals surface area contributed by atoms with Gasteiger partial charge in [-0.15, -0.1) is 0 Å². The summed E-state index contributed by atoms with van der Waals surface area (Å²) in [6.45, 7) is 4.78. The number of nitrogens with one attached hydrogen (secondary N) is 1. The summed E-state index contributed by atoms with van der Waals surface area (Å²) in [5, 5.41) is 8.22. The summed E-state index contributed by atoms with van der Waals surface area (Å²) < 4.78 is 13.2. The smallest absolute Gasteiger partial charge is 0.292 e. The van der Waals surface area contributed by atoms with Crippen LogP contribution in [0.2, 0.25) is 0 Å². The van der Waals surface area contributed by atoms with Gasteiger partial charge in [-0.1, -0.05) is 0 Å². The number of fused-ring (bicyclic) bond motifs is 2. The highest BCUT2D eigenvalue weighted by Gasteiger charge is 2.22. The Morgan fingerprint density at radius 2 is 2.12 bits per heavy atom. The zero-order chi connectivity index (χ0) is 17.6. The van der Waals surface area contributed by atoms with Crippen LogP contribution in [0.5, 0.6) is 5.75 Å². The molecule has 1 aromatic carbocycles. The van der Waals surface area contributed by atoms with Crippen LogP contribution < -0.4 is 10.1 Å². The van der Waals surface area contributed by atoms with Gasteiger partial charge in [-0.3, -0.25) is 9.48 Å². The van der Waals surface area contributed by atoms with Gasteiger partial charge in [0.25, 0.3) is 5.91 Å². The van der Waals surface area contributed by atoms with Gasteiger partial charge in [0, 0.05) is 29.3 Å². The minimum atomic E-state index is -0.288. The maximum absolute atomic E-state index is 12.7. The van der Waals surface area contributed by atoms with E-state index in [0.29, 0.717) is 22.9 Å². The van der Waals surface area contributed by atoms with Crippen LogP contribution >= 0.6 is 0 Å². The monoisotopic (exact) mass is 339 g/mol. The number of rotatable bonds is 3. The molecule has 4 rings (SSSR count). The average Bonchev–Trinajstić information content (AvgIpc) is 3.15. The van der Waals surface area contributed by atoms with Crippen molar-refractivity contribution in [1.82, 2.24) is 9.78 Å². The molecule has 1 N–H and O–H groups in total. The number of methoxy groups -OCH3 is 1. The summed E-state index contributed by atoms with van der Waals surface area (Å²) in [5.74, 6) is 1.22. The number of aryl methyl sites for hydroxylation is 4. The van der Waals surface area contributed by atoms with Gasteiger partial charge in [0.05, 0.1) is 7.11 Å². The predicted molar refractivity (Wildman–Crippen MR) is 95.4 cm³/mol. The molecular weight excluding hydrogens is 318 g/mol. The highest BCUT2D eigenvalue weighted by atomic mass is 16.5. The van der Waals surface area contributed by atoms with E-state index < -0.39 is 0 Å². The molecular formula is C19H21N3O3. The molecule has 0 radical (unpaired) electrons. The van der Waals surface area contributed by atoms with Crippen molar-refractivity contribution in [3.8, 4) is 5.75 Å². The van der Waals surface area contributed by atoms with E-state index in [1.54, 1.807) is 7.11 Å². The highest BCUT2D eigenvalue weighted by Crippen LogP contribution is 2.34. The molecule has 3 heterocycles. The Morgan fingerprint density at radius 3 is 2.88 bits per heavy atom. The molecule has 1 aliphatic rings. The van der Waals surface area contributed by atoms with Crippen LogP contribution in [0.4, 0.5) is 5.82 Å². The normalized spacial score (nSPS) is 13.7. The molecule has 0 bridgehead atoms. The van der Waals surface area contributed by atoms with Crippen LogP contribution in [-0.4, -0.2) is 22.8 Å². The third-order valence-corrected chi connectivity index (χ3v) is 4.73. The molecule has 3 aromatic rings. The fourth-order valence-corrected chi connectivity index (χ4v) is 3.45. The molecule has 0 saturated carbocycles. The fraction of sp³-hybridized carbons (Fsp3) is 0.368. The van der Waals surface area contributed by atoms with Crippen molar-refractivity contribution in [2.75, 3.05) is 12.4 Å². The predicted octanol–water partition coefficient (Wildman–Crippen LogP) is 3.84. The largest absolute Gasteiger partial charge is 0.493 e. The standard InChI is InChI=1S/C19H21N3O3/c1-11-8-14-12(2)17(25-18(14)15(9-11)24-3)19(23)20-16-10-13-6-4-5-7-22(13)21-16/h8-10H,4-7H2,1-3H3,(H,20,21,23). The van der Waals surface area contributed by atoms with Crippen molar-refractivity contribution >= 4 is 22.7 Å². The lowest BCUT2D eigenvalue weighted by Crippen LogP contribution is -2.13. The van der Waals surface area contributed by atoms with Crippen molar-refractivity contribution in [1.29, 1.82) is 0 Å². The lowest BCUT2D eigenvalue weighted by atomic mass is 10.1. The van der Waals surface area contributed by atoms with Crippen LogP contribution in [0.1, 0.15) is 40.2 Å². The summed E-state index contributed by atoms with van der Waals surface area (Å²) in [7, 11) is 1.60. The quantitative estimate of drug-likeness (QED) is 0.787. The third-order valence-electron chi connectivity index (χ3n) is 4.73.